The molecule has 0 fully saturated rings. The fourth-order valence-electron chi connectivity index (χ4n) is 2.35. The van der Waals surface area contributed by atoms with Gasteiger partial charge in [0.25, 0.3) is 0 Å². The minimum atomic E-state index is -0.870. The summed E-state index contributed by atoms with van der Waals surface area (Å²) in [5.41, 5.74) is 6.43. The van der Waals surface area contributed by atoms with Crippen LogP contribution in [-0.2, 0) is 14.3 Å². The molecule has 2 aromatic rings. The van der Waals surface area contributed by atoms with Gasteiger partial charge in [-0.2, -0.15) is 0 Å². The SMILES string of the molecule is CC(=O)Oc1cnc(C(C(=O)OC(C)(C)C)[C@H](N)c2ccccc2)[nH]1. The molecule has 134 valence electrons. The summed E-state index contributed by atoms with van der Waals surface area (Å²) in [7, 11) is 0. The summed E-state index contributed by atoms with van der Waals surface area (Å²) >= 11 is 0. The molecule has 0 saturated heterocycles. The van der Waals surface area contributed by atoms with Crippen molar-refractivity contribution in [1.29, 1.82) is 0 Å². The second-order valence-corrected chi connectivity index (χ2v) is 6.67. The minimum absolute atomic E-state index is 0.149. The van der Waals surface area contributed by atoms with Crippen molar-refractivity contribution >= 4 is 11.9 Å². The molecule has 0 aliphatic carbocycles. The highest BCUT2D eigenvalue weighted by Crippen LogP contribution is 2.31. The van der Waals surface area contributed by atoms with Crippen LogP contribution in [0.3, 0.4) is 0 Å². The molecule has 0 aliphatic rings. The zero-order chi connectivity index (χ0) is 18.6. The molecule has 0 aliphatic heterocycles. The van der Waals surface area contributed by atoms with Crippen molar-refractivity contribution in [2.45, 2.75) is 45.3 Å². The monoisotopic (exact) mass is 345 g/mol. The lowest BCUT2D eigenvalue weighted by Gasteiger charge is -2.26. The third kappa shape index (κ3) is 5.15. The van der Waals surface area contributed by atoms with Crippen LogP contribution in [0.25, 0.3) is 0 Å². The van der Waals surface area contributed by atoms with Gasteiger partial charge in [0.2, 0.25) is 5.88 Å². The third-order valence-electron chi connectivity index (χ3n) is 3.32. The van der Waals surface area contributed by atoms with Crippen molar-refractivity contribution < 1.29 is 19.1 Å². The average Bonchev–Trinajstić information content (AvgIpc) is 2.93. The maximum Gasteiger partial charge on any atom is 0.319 e. The maximum atomic E-state index is 12.7. The molecular weight excluding hydrogens is 322 g/mol. The van der Waals surface area contributed by atoms with E-state index in [2.05, 4.69) is 9.97 Å². The van der Waals surface area contributed by atoms with Crippen LogP contribution in [0.2, 0.25) is 0 Å². The molecule has 3 N–H and O–H groups in total. The molecule has 1 unspecified atom stereocenters. The molecule has 7 nitrogen and oxygen atoms in total. The first-order chi connectivity index (χ1) is 11.7. The van der Waals surface area contributed by atoms with E-state index in [1.54, 1.807) is 20.8 Å². The van der Waals surface area contributed by atoms with Gasteiger partial charge in [-0.1, -0.05) is 30.3 Å². The van der Waals surface area contributed by atoms with Gasteiger partial charge in [0, 0.05) is 6.92 Å². The molecule has 1 aromatic carbocycles. The molecule has 2 rings (SSSR count). The quantitative estimate of drug-likeness (QED) is 0.806. The molecular formula is C18H23N3O4. The molecule has 0 amide bonds. The Hall–Kier alpha value is -2.67. The zero-order valence-corrected chi connectivity index (χ0v) is 14.8. The summed E-state index contributed by atoms with van der Waals surface area (Å²) in [6.45, 7) is 6.62. The van der Waals surface area contributed by atoms with Gasteiger partial charge in [-0.15, -0.1) is 0 Å². The Labute approximate surface area is 146 Å². The van der Waals surface area contributed by atoms with E-state index in [9.17, 15) is 9.59 Å². The van der Waals surface area contributed by atoms with Gasteiger partial charge in [-0.25, -0.2) is 4.98 Å². The summed E-state index contributed by atoms with van der Waals surface area (Å²) in [6, 6.07) is 8.54. The van der Waals surface area contributed by atoms with Crippen LogP contribution < -0.4 is 10.5 Å². The Morgan fingerprint density at radius 1 is 1.20 bits per heavy atom. The van der Waals surface area contributed by atoms with E-state index in [1.165, 1.54) is 13.1 Å². The van der Waals surface area contributed by atoms with Crippen LogP contribution in [0, 0.1) is 0 Å². The van der Waals surface area contributed by atoms with Crippen molar-refractivity contribution in [3.05, 3.63) is 47.9 Å². The van der Waals surface area contributed by atoms with Gasteiger partial charge in [-0.3, -0.25) is 9.59 Å². The van der Waals surface area contributed by atoms with Crippen molar-refractivity contribution in [3.63, 3.8) is 0 Å². The third-order valence-corrected chi connectivity index (χ3v) is 3.32. The van der Waals surface area contributed by atoms with E-state index in [0.717, 1.165) is 5.56 Å². The average molecular weight is 345 g/mol. The van der Waals surface area contributed by atoms with Gasteiger partial charge < -0.3 is 20.2 Å². The van der Waals surface area contributed by atoms with Gasteiger partial charge in [-0.05, 0) is 26.3 Å². The number of hydrogen-bond acceptors (Lipinski definition) is 6. The van der Waals surface area contributed by atoms with Crippen LogP contribution in [0.4, 0.5) is 0 Å². The number of esters is 2. The van der Waals surface area contributed by atoms with Gasteiger partial charge in [0.15, 0.2) is 0 Å². The Kier molecular flexibility index (Phi) is 5.58. The van der Waals surface area contributed by atoms with E-state index >= 15 is 0 Å². The van der Waals surface area contributed by atoms with Crippen molar-refractivity contribution in [2.75, 3.05) is 0 Å². The number of aromatic amines is 1. The number of imidazole rings is 1. The summed E-state index contributed by atoms with van der Waals surface area (Å²) in [5, 5.41) is 0. The number of aromatic nitrogens is 2. The molecule has 0 saturated carbocycles. The van der Waals surface area contributed by atoms with E-state index in [-0.39, 0.29) is 11.7 Å². The zero-order valence-electron chi connectivity index (χ0n) is 14.8. The van der Waals surface area contributed by atoms with Gasteiger partial charge in [0.1, 0.15) is 17.3 Å². The summed E-state index contributed by atoms with van der Waals surface area (Å²) in [5.74, 6) is -1.44. The fraction of sp³-hybridized carbons (Fsp3) is 0.389. The number of rotatable bonds is 5. The van der Waals surface area contributed by atoms with Crippen LogP contribution in [0.15, 0.2) is 36.5 Å². The van der Waals surface area contributed by atoms with Crippen molar-refractivity contribution in [3.8, 4) is 5.88 Å². The first-order valence-electron chi connectivity index (χ1n) is 7.94. The molecule has 0 spiro atoms. The highest BCUT2D eigenvalue weighted by atomic mass is 16.6. The first kappa shape index (κ1) is 18.7. The van der Waals surface area contributed by atoms with Gasteiger partial charge >= 0.3 is 11.9 Å². The van der Waals surface area contributed by atoms with Crippen LogP contribution in [0.5, 0.6) is 5.88 Å². The Bertz CT molecular complexity index is 734. The van der Waals surface area contributed by atoms with Crippen LogP contribution in [-0.4, -0.2) is 27.5 Å². The number of ether oxygens (including phenoxy) is 2. The standard InChI is InChI=1S/C18H23N3O4/c1-11(22)24-13-10-20-16(21-13)14(17(23)25-18(2,3)4)15(19)12-8-6-5-7-9-12/h5-10,14-15H,19H2,1-4H3,(H,20,21)/t14?,15-/m1/s1. The number of carbonyl (C=O) groups is 2. The largest absolute Gasteiger partial charge is 0.459 e. The second-order valence-electron chi connectivity index (χ2n) is 6.67. The Balaban J connectivity index is 2.36. The number of nitrogens with zero attached hydrogens (tertiary/aromatic N) is 1. The van der Waals surface area contributed by atoms with Crippen LogP contribution >= 0.6 is 0 Å². The summed E-state index contributed by atoms with van der Waals surface area (Å²) in [6.07, 6.45) is 1.34. The van der Waals surface area contributed by atoms with E-state index in [0.29, 0.717) is 0 Å². The fourth-order valence-corrected chi connectivity index (χ4v) is 2.35. The summed E-state index contributed by atoms with van der Waals surface area (Å²) in [4.78, 5) is 30.8. The van der Waals surface area contributed by atoms with Crippen molar-refractivity contribution in [2.24, 2.45) is 5.73 Å². The predicted octanol–water partition coefficient (Wildman–Crippen LogP) is 2.46. The van der Waals surface area contributed by atoms with Gasteiger partial charge in [0.05, 0.1) is 12.2 Å². The first-order valence-corrected chi connectivity index (χ1v) is 7.94. The minimum Gasteiger partial charge on any atom is -0.459 e. The van der Waals surface area contributed by atoms with E-state index < -0.39 is 29.5 Å². The van der Waals surface area contributed by atoms with E-state index in [1.807, 2.05) is 30.3 Å². The molecule has 25 heavy (non-hydrogen) atoms. The number of nitrogens with one attached hydrogen (secondary N) is 1. The topological polar surface area (TPSA) is 107 Å². The molecule has 7 heteroatoms. The second kappa shape index (κ2) is 7.48. The number of hydrogen-bond donors (Lipinski definition) is 2. The Morgan fingerprint density at radius 3 is 2.40 bits per heavy atom. The lowest BCUT2D eigenvalue weighted by Crippen LogP contribution is -2.34. The molecule has 2 atom stereocenters. The smallest absolute Gasteiger partial charge is 0.319 e. The highest BCUT2D eigenvalue weighted by Gasteiger charge is 2.35. The maximum absolute atomic E-state index is 12.7. The number of H-pyrrole nitrogens is 1. The highest BCUT2D eigenvalue weighted by molar-refractivity contribution is 5.79. The lowest BCUT2D eigenvalue weighted by molar-refractivity contribution is -0.157. The van der Waals surface area contributed by atoms with Crippen molar-refractivity contribution in [1.82, 2.24) is 9.97 Å². The summed E-state index contributed by atoms with van der Waals surface area (Å²) < 4.78 is 10.5. The van der Waals surface area contributed by atoms with E-state index in [4.69, 9.17) is 15.2 Å². The molecule has 0 bridgehead atoms. The number of benzene rings is 1. The van der Waals surface area contributed by atoms with Crippen LogP contribution in [0.1, 0.15) is 51.0 Å². The Morgan fingerprint density at radius 2 is 1.84 bits per heavy atom. The number of nitrogens with two attached hydrogens (primary N) is 1. The normalized spacial score (nSPS) is 13.8. The molecule has 0 radical (unpaired) electrons. The molecule has 1 aromatic heterocycles. The number of carbonyl (C=O) groups excluding carboxylic acids is 2. The molecule has 1 heterocycles. The lowest BCUT2D eigenvalue weighted by atomic mass is 9.93. The predicted molar refractivity (Wildman–Crippen MR) is 91.9 cm³/mol.